The summed E-state index contributed by atoms with van der Waals surface area (Å²) >= 11 is 0. The number of amides is 4. The fourth-order valence-electron chi connectivity index (χ4n) is 1.89. The molecule has 0 aromatic rings. The number of hydrogen-bond acceptors (Lipinski definition) is 5. The number of rotatable bonds is 4. The number of hydrogen-bond donors (Lipinski definition) is 4. The molecule has 1 saturated heterocycles. The number of imide groups is 1. The Balaban J connectivity index is 2.85. The summed E-state index contributed by atoms with van der Waals surface area (Å²) in [5.74, 6) is -2.66. The Labute approximate surface area is 114 Å². The van der Waals surface area contributed by atoms with Crippen LogP contribution in [0, 0.1) is 0 Å². The van der Waals surface area contributed by atoms with Crippen molar-refractivity contribution in [3.05, 3.63) is 0 Å². The Kier molecular flexibility index (Phi) is 5.03. The molecule has 0 aliphatic carbocycles. The lowest BCUT2D eigenvalue weighted by atomic mass is 10.1. The number of nitrogens with zero attached hydrogens (tertiary/aromatic N) is 1. The highest BCUT2D eigenvalue weighted by Crippen LogP contribution is 2.10. The van der Waals surface area contributed by atoms with Crippen LogP contribution in [0.1, 0.15) is 20.3 Å². The highest BCUT2D eigenvalue weighted by atomic mass is 16.4. The van der Waals surface area contributed by atoms with Crippen LogP contribution in [0.4, 0.5) is 4.79 Å². The van der Waals surface area contributed by atoms with E-state index in [4.69, 9.17) is 5.11 Å². The summed E-state index contributed by atoms with van der Waals surface area (Å²) in [6.07, 6.45) is -1.04. The van der Waals surface area contributed by atoms with Crippen molar-refractivity contribution in [3.8, 4) is 0 Å². The number of carbonyl (C=O) groups is 4. The fraction of sp³-hybridized carbons (Fsp3) is 0.636. The predicted octanol–water partition coefficient (Wildman–Crippen LogP) is -1.73. The van der Waals surface area contributed by atoms with E-state index in [0.29, 0.717) is 0 Å². The Bertz CT molecular complexity index is 436. The van der Waals surface area contributed by atoms with Crippen molar-refractivity contribution in [1.82, 2.24) is 15.5 Å². The molecule has 1 heterocycles. The number of aliphatic hydroxyl groups is 1. The van der Waals surface area contributed by atoms with Crippen LogP contribution in [-0.4, -0.2) is 63.7 Å². The molecule has 0 bridgehead atoms. The first-order valence-electron chi connectivity index (χ1n) is 6.09. The molecule has 20 heavy (non-hydrogen) atoms. The van der Waals surface area contributed by atoms with Gasteiger partial charge in [-0.2, -0.15) is 0 Å². The van der Waals surface area contributed by atoms with E-state index >= 15 is 0 Å². The highest BCUT2D eigenvalue weighted by molar-refractivity contribution is 6.04. The van der Waals surface area contributed by atoms with Gasteiger partial charge in [-0.25, -0.2) is 9.59 Å². The number of aliphatic carboxylic acids is 1. The quantitative estimate of drug-likeness (QED) is 0.453. The average molecular weight is 287 g/mol. The number of nitrogens with one attached hydrogen (secondary N) is 2. The molecule has 0 aromatic carbocycles. The molecule has 9 nitrogen and oxygen atoms in total. The van der Waals surface area contributed by atoms with Crippen LogP contribution in [-0.2, 0) is 14.4 Å². The van der Waals surface area contributed by atoms with Gasteiger partial charge in [0.15, 0.2) is 6.04 Å². The van der Waals surface area contributed by atoms with E-state index in [1.54, 1.807) is 6.92 Å². The van der Waals surface area contributed by atoms with Crippen molar-refractivity contribution in [2.45, 2.75) is 38.5 Å². The summed E-state index contributed by atoms with van der Waals surface area (Å²) in [4.78, 5) is 46.7. The van der Waals surface area contributed by atoms with Gasteiger partial charge in [-0.05, 0) is 13.3 Å². The predicted molar refractivity (Wildman–Crippen MR) is 65.6 cm³/mol. The first kappa shape index (κ1) is 15.9. The average Bonchev–Trinajstić information content (AvgIpc) is 2.33. The van der Waals surface area contributed by atoms with Crippen LogP contribution in [0.2, 0.25) is 0 Å². The highest BCUT2D eigenvalue weighted by Gasteiger charge is 2.37. The van der Waals surface area contributed by atoms with E-state index in [0.717, 1.165) is 4.90 Å². The zero-order valence-corrected chi connectivity index (χ0v) is 11.1. The summed E-state index contributed by atoms with van der Waals surface area (Å²) in [6, 6.07) is -3.25. The lowest BCUT2D eigenvalue weighted by molar-refractivity contribution is -0.141. The maximum absolute atomic E-state index is 12.0. The molecule has 3 unspecified atom stereocenters. The molecule has 3 atom stereocenters. The fourth-order valence-corrected chi connectivity index (χ4v) is 1.89. The lowest BCUT2D eigenvalue weighted by Crippen LogP contribution is -2.63. The van der Waals surface area contributed by atoms with Gasteiger partial charge in [0.1, 0.15) is 12.6 Å². The second-order valence-electron chi connectivity index (χ2n) is 4.47. The second kappa shape index (κ2) is 6.33. The van der Waals surface area contributed by atoms with Crippen LogP contribution in [0.15, 0.2) is 0 Å². The van der Waals surface area contributed by atoms with Crippen molar-refractivity contribution in [2.75, 3.05) is 6.54 Å². The van der Waals surface area contributed by atoms with Crippen LogP contribution in [0.5, 0.6) is 0 Å². The minimum atomic E-state index is -1.51. The monoisotopic (exact) mass is 287 g/mol. The summed E-state index contributed by atoms with van der Waals surface area (Å²) in [5, 5.41) is 22.4. The molecular weight excluding hydrogens is 270 g/mol. The summed E-state index contributed by atoms with van der Waals surface area (Å²) < 4.78 is 0. The zero-order valence-electron chi connectivity index (χ0n) is 11.1. The minimum Gasteiger partial charge on any atom is -0.480 e. The van der Waals surface area contributed by atoms with E-state index in [1.807, 2.05) is 0 Å². The Morgan fingerprint density at radius 3 is 2.55 bits per heavy atom. The Hall–Kier alpha value is -2.16. The molecule has 4 amide bonds. The molecule has 1 aliphatic rings. The van der Waals surface area contributed by atoms with Crippen molar-refractivity contribution in [3.63, 3.8) is 0 Å². The van der Waals surface area contributed by atoms with E-state index in [1.165, 1.54) is 6.92 Å². The third-order valence-electron chi connectivity index (χ3n) is 2.93. The number of aliphatic hydroxyl groups excluding tert-OH is 1. The van der Waals surface area contributed by atoms with Crippen LogP contribution < -0.4 is 10.6 Å². The van der Waals surface area contributed by atoms with Gasteiger partial charge in [-0.1, -0.05) is 6.92 Å². The summed E-state index contributed by atoms with van der Waals surface area (Å²) in [5.41, 5.74) is 0. The first-order valence-corrected chi connectivity index (χ1v) is 6.09. The van der Waals surface area contributed by atoms with E-state index < -0.39 is 42.0 Å². The molecule has 0 radical (unpaired) electrons. The van der Waals surface area contributed by atoms with E-state index in [2.05, 4.69) is 10.6 Å². The summed E-state index contributed by atoms with van der Waals surface area (Å²) in [7, 11) is 0. The van der Waals surface area contributed by atoms with Crippen LogP contribution in [0.3, 0.4) is 0 Å². The van der Waals surface area contributed by atoms with Crippen molar-refractivity contribution < 1.29 is 29.4 Å². The molecule has 0 spiro atoms. The Morgan fingerprint density at radius 2 is 2.10 bits per heavy atom. The third-order valence-corrected chi connectivity index (χ3v) is 2.93. The summed E-state index contributed by atoms with van der Waals surface area (Å²) in [6.45, 7) is 2.52. The molecule has 1 rings (SSSR count). The van der Waals surface area contributed by atoms with Gasteiger partial charge in [0, 0.05) is 0 Å². The minimum absolute atomic E-state index is 0.277. The largest absolute Gasteiger partial charge is 0.480 e. The van der Waals surface area contributed by atoms with Crippen LogP contribution >= 0.6 is 0 Å². The Morgan fingerprint density at radius 1 is 1.50 bits per heavy atom. The molecule has 9 heteroatoms. The number of carboxylic acids is 1. The van der Waals surface area contributed by atoms with Gasteiger partial charge in [-0.3, -0.25) is 14.9 Å². The smallest absolute Gasteiger partial charge is 0.328 e. The second-order valence-corrected chi connectivity index (χ2v) is 4.47. The number of carboxylic acid groups (broad SMARTS) is 1. The van der Waals surface area contributed by atoms with E-state index in [-0.39, 0.29) is 13.0 Å². The molecule has 4 N–H and O–H groups in total. The number of piperazine rings is 1. The van der Waals surface area contributed by atoms with Gasteiger partial charge in [0.2, 0.25) is 11.8 Å². The SMILES string of the molecule is CCC1C(=O)NC(=O)CN1C(=O)NC(C(=O)O)C(C)O. The zero-order chi connectivity index (χ0) is 15.4. The maximum Gasteiger partial charge on any atom is 0.328 e. The van der Waals surface area contributed by atoms with Gasteiger partial charge in [0.25, 0.3) is 0 Å². The van der Waals surface area contributed by atoms with Gasteiger partial charge in [0.05, 0.1) is 6.10 Å². The van der Waals surface area contributed by atoms with Crippen molar-refractivity contribution in [2.24, 2.45) is 0 Å². The lowest BCUT2D eigenvalue weighted by Gasteiger charge is -2.34. The van der Waals surface area contributed by atoms with Gasteiger partial charge < -0.3 is 20.4 Å². The van der Waals surface area contributed by atoms with Crippen molar-refractivity contribution >= 4 is 23.8 Å². The van der Waals surface area contributed by atoms with E-state index in [9.17, 15) is 24.3 Å². The van der Waals surface area contributed by atoms with Gasteiger partial charge >= 0.3 is 12.0 Å². The molecular formula is C11H17N3O6. The maximum atomic E-state index is 12.0. The molecule has 0 saturated carbocycles. The number of urea groups is 1. The molecule has 1 aliphatic heterocycles. The standard InChI is InChI=1S/C11H17N3O6/c1-3-6-9(17)12-7(16)4-14(6)11(20)13-8(5(2)15)10(18)19/h5-6,8,15H,3-4H2,1-2H3,(H,13,20)(H,18,19)(H,12,16,17). The van der Waals surface area contributed by atoms with Crippen molar-refractivity contribution in [1.29, 1.82) is 0 Å². The topological polar surface area (TPSA) is 136 Å². The number of carbonyl (C=O) groups excluding carboxylic acids is 3. The normalized spacial score (nSPS) is 21.9. The molecule has 1 fully saturated rings. The molecule has 0 aromatic heterocycles. The molecule has 112 valence electrons. The van der Waals surface area contributed by atoms with Gasteiger partial charge in [-0.15, -0.1) is 0 Å². The first-order chi connectivity index (χ1) is 9.27. The third kappa shape index (κ3) is 3.44. The van der Waals surface area contributed by atoms with Crippen LogP contribution in [0.25, 0.3) is 0 Å².